The maximum atomic E-state index is 13.1. The van der Waals surface area contributed by atoms with Gasteiger partial charge in [-0.25, -0.2) is 4.39 Å². The quantitative estimate of drug-likeness (QED) is 0.546. The lowest BCUT2D eigenvalue weighted by molar-refractivity contribution is 0.242. The topological polar surface area (TPSA) is 0 Å². The molecular weight excluding hydrogens is 139 g/mol. The Bertz CT molecular complexity index is 154. The first kappa shape index (κ1) is 10.4. The predicted molar refractivity (Wildman–Crippen MR) is 47.3 cm³/mol. The molecule has 2 unspecified atom stereocenters. The van der Waals surface area contributed by atoms with Crippen LogP contribution >= 0.6 is 0 Å². The van der Waals surface area contributed by atoms with Crippen LogP contribution in [0.5, 0.6) is 0 Å². The Hall–Kier alpha value is -0.550. The van der Waals surface area contributed by atoms with E-state index in [2.05, 4.69) is 12.3 Å². The van der Waals surface area contributed by atoms with E-state index in [4.69, 9.17) is 0 Å². The van der Waals surface area contributed by atoms with E-state index >= 15 is 0 Å². The van der Waals surface area contributed by atoms with Crippen LogP contribution in [0.3, 0.4) is 0 Å². The lowest BCUT2D eigenvalue weighted by Crippen LogP contribution is -2.14. The second kappa shape index (κ2) is 5.15. The highest BCUT2D eigenvalue weighted by Gasteiger charge is 2.18. The molecule has 0 radical (unpaired) electrons. The molecule has 11 heavy (non-hydrogen) atoms. The first-order valence-corrected chi connectivity index (χ1v) is 4.17. The molecule has 0 aliphatic heterocycles. The third-order valence-electron chi connectivity index (χ3n) is 2.10. The third kappa shape index (κ3) is 2.90. The summed E-state index contributed by atoms with van der Waals surface area (Å²) in [5.41, 5.74) is 3.70. The van der Waals surface area contributed by atoms with Crippen LogP contribution in [-0.4, -0.2) is 6.17 Å². The molecule has 0 amide bonds. The van der Waals surface area contributed by atoms with Crippen LogP contribution in [0.15, 0.2) is 17.9 Å². The SMILES string of the molecule is C=C=C(C)C(CC)C(F)CC. The standard InChI is InChI=1S/C10H17F/c1-5-8(4)9(6-2)10(11)7-3/h9-10H,1,6-7H2,2-4H3. The van der Waals surface area contributed by atoms with E-state index in [0.717, 1.165) is 12.0 Å². The number of halogens is 1. The van der Waals surface area contributed by atoms with Gasteiger partial charge in [-0.3, -0.25) is 0 Å². The minimum Gasteiger partial charge on any atom is -0.247 e. The summed E-state index contributed by atoms with van der Waals surface area (Å²) in [5, 5.41) is 0. The fourth-order valence-electron chi connectivity index (χ4n) is 1.25. The average molecular weight is 156 g/mol. The Morgan fingerprint density at radius 2 is 2.00 bits per heavy atom. The fraction of sp³-hybridized carbons (Fsp3) is 0.700. The minimum absolute atomic E-state index is 0.0255. The number of hydrogen-bond donors (Lipinski definition) is 0. The Balaban J connectivity index is 4.27. The van der Waals surface area contributed by atoms with E-state index < -0.39 is 6.17 Å². The van der Waals surface area contributed by atoms with Crippen LogP contribution in [-0.2, 0) is 0 Å². The van der Waals surface area contributed by atoms with E-state index in [0.29, 0.717) is 6.42 Å². The van der Waals surface area contributed by atoms with Gasteiger partial charge in [0.25, 0.3) is 0 Å². The third-order valence-corrected chi connectivity index (χ3v) is 2.10. The molecule has 0 rings (SSSR count). The normalized spacial score (nSPS) is 15.3. The van der Waals surface area contributed by atoms with Crippen LogP contribution < -0.4 is 0 Å². The molecule has 0 N–H and O–H groups in total. The summed E-state index contributed by atoms with van der Waals surface area (Å²) in [6.07, 6.45) is 0.690. The molecule has 0 aliphatic carbocycles. The fourth-order valence-corrected chi connectivity index (χ4v) is 1.25. The van der Waals surface area contributed by atoms with Gasteiger partial charge in [-0.15, -0.1) is 5.73 Å². The second-order valence-electron chi connectivity index (χ2n) is 2.80. The van der Waals surface area contributed by atoms with Crippen molar-refractivity contribution in [2.24, 2.45) is 5.92 Å². The molecule has 0 saturated carbocycles. The zero-order valence-corrected chi connectivity index (χ0v) is 7.65. The maximum absolute atomic E-state index is 13.1. The minimum atomic E-state index is -0.728. The number of hydrogen-bond acceptors (Lipinski definition) is 0. The summed E-state index contributed by atoms with van der Waals surface area (Å²) in [7, 11) is 0. The van der Waals surface area contributed by atoms with Crippen LogP contribution in [0.2, 0.25) is 0 Å². The van der Waals surface area contributed by atoms with Crippen molar-refractivity contribution < 1.29 is 4.39 Å². The molecule has 0 saturated heterocycles. The first-order chi connectivity index (χ1) is 5.17. The largest absolute Gasteiger partial charge is 0.247 e. The van der Waals surface area contributed by atoms with Crippen molar-refractivity contribution in [3.05, 3.63) is 17.9 Å². The van der Waals surface area contributed by atoms with Gasteiger partial charge < -0.3 is 0 Å². The molecule has 2 atom stereocenters. The summed E-state index contributed by atoms with van der Waals surface area (Å²) in [6, 6.07) is 0. The van der Waals surface area contributed by atoms with Gasteiger partial charge in [-0.1, -0.05) is 20.4 Å². The Morgan fingerprint density at radius 3 is 2.27 bits per heavy atom. The molecule has 0 heterocycles. The van der Waals surface area contributed by atoms with E-state index in [-0.39, 0.29) is 5.92 Å². The molecule has 64 valence electrons. The molecule has 1 heteroatoms. The summed E-state index contributed by atoms with van der Waals surface area (Å²) in [6.45, 7) is 9.27. The summed E-state index contributed by atoms with van der Waals surface area (Å²) in [4.78, 5) is 0. The molecule has 0 aliphatic rings. The Morgan fingerprint density at radius 1 is 1.45 bits per heavy atom. The molecule has 0 aromatic heterocycles. The Labute approximate surface area is 68.8 Å². The number of rotatable bonds is 4. The average Bonchev–Trinajstić information content (AvgIpc) is 2.05. The van der Waals surface area contributed by atoms with E-state index in [1.165, 1.54) is 0 Å². The highest BCUT2D eigenvalue weighted by atomic mass is 19.1. The van der Waals surface area contributed by atoms with Crippen LogP contribution in [0.4, 0.5) is 4.39 Å². The van der Waals surface area contributed by atoms with Gasteiger partial charge in [0.1, 0.15) is 6.17 Å². The van der Waals surface area contributed by atoms with Crippen molar-refractivity contribution >= 4 is 0 Å². The van der Waals surface area contributed by atoms with Crippen LogP contribution in [0, 0.1) is 5.92 Å². The highest BCUT2D eigenvalue weighted by Crippen LogP contribution is 2.22. The van der Waals surface area contributed by atoms with E-state index in [1.807, 2.05) is 20.8 Å². The van der Waals surface area contributed by atoms with Gasteiger partial charge in [0, 0.05) is 5.92 Å². The lowest BCUT2D eigenvalue weighted by atomic mass is 9.92. The van der Waals surface area contributed by atoms with Gasteiger partial charge in [-0.05, 0) is 25.3 Å². The van der Waals surface area contributed by atoms with Gasteiger partial charge >= 0.3 is 0 Å². The second-order valence-corrected chi connectivity index (χ2v) is 2.80. The van der Waals surface area contributed by atoms with Crippen molar-refractivity contribution in [2.75, 3.05) is 0 Å². The zero-order chi connectivity index (χ0) is 8.85. The van der Waals surface area contributed by atoms with Gasteiger partial charge in [0.2, 0.25) is 0 Å². The van der Waals surface area contributed by atoms with Crippen molar-refractivity contribution in [1.29, 1.82) is 0 Å². The van der Waals surface area contributed by atoms with Crippen molar-refractivity contribution in [1.82, 2.24) is 0 Å². The van der Waals surface area contributed by atoms with Crippen LogP contribution in [0.25, 0.3) is 0 Å². The number of alkyl halides is 1. The number of allylic oxidation sites excluding steroid dienone is 1. The zero-order valence-electron chi connectivity index (χ0n) is 7.65. The molecule has 0 aromatic rings. The molecule has 0 nitrogen and oxygen atoms in total. The molecule has 0 fully saturated rings. The van der Waals surface area contributed by atoms with Crippen molar-refractivity contribution in [3.63, 3.8) is 0 Å². The van der Waals surface area contributed by atoms with Gasteiger partial charge in [0.15, 0.2) is 0 Å². The lowest BCUT2D eigenvalue weighted by Gasteiger charge is -2.17. The summed E-state index contributed by atoms with van der Waals surface area (Å²) < 4.78 is 13.1. The van der Waals surface area contributed by atoms with E-state index in [9.17, 15) is 4.39 Å². The molecule has 0 spiro atoms. The Kier molecular flexibility index (Phi) is 4.89. The molecule has 0 aromatic carbocycles. The summed E-state index contributed by atoms with van der Waals surface area (Å²) in [5.74, 6) is 0.0255. The van der Waals surface area contributed by atoms with Crippen molar-refractivity contribution in [2.45, 2.75) is 39.8 Å². The summed E-state index contributed by atoms with van der Waals surface area (Å²) >= 11 is 0. The van der Waals surface area contributed by atoms with Crippen molar-refractivity contribution in [3.8, 4) is 0 Å². The van der Waals surface area contributed by atoms with Crippen LogP contribution in [0.1, 0.15) is 33.6 Å². The maximum Gasteiger partial charge on any atom is 0.107 e. The highest BCUT2D eigenvalue weighted by molar-refractivity contribution is 5.02. The monoisotopic (exact) mass is 156 g/mol. The van der Waals surface area contributed by atoms with Gasteiger partial charge in [0.05, 0.1) is 0 Å². The van der Waals surface area contributed by atoms with E-state index in [1.54, 1.807) is 0 Å². The first-order valence-electron chi connectivity index (χ1n) is 4.17. The van der Waals surface area contributed by atoms with Gasteiger partial charge in [-0.2, -0.15) is 0 Å². The predicted octanol–water partition coefficient (Wildman–Crippen LogP) is 3.49. The smallest absolute Gasteiger partial charge is 0.107 e. The molecule has 0 bridgehead atoms. The molecular formula is C10H17F.